The molecule has 0 N–H and O–H groups in total. The fraction of sp³-hybridized carbons (Fsp3) is 0.0233. The third kappa shape index (κ3) is 5.89. The Kier molecular flexibility index (Phi) is 7.99. The highest BCUT2D eigenvalue weighted by molar-refractivity contribution is 7.88. The lowest BCUT2D eigenvalue weighted by Crippen LogP contribution is -2.28. The van der Waals surface area contributed by atoms with E-state index in [-0.39, 0.29) is 0 Å². The van der Waals surface area contributed by atoms with Gasteiger partial charge in [-0.05, 0) is 70.8 Å². The molecule has 0 amide bonds. The highest BCUT2D eigenvalue weighted by atomic mass is 32.2. The van der Waals surface area contributed by atoms with Gasteiger partial charge in [0.2, 0.25) is 0 Å². The lowest BCUT2D eigenvalue weighted by Gasteiger charge is -2.27. The maximum Gasteiger partial charge on any atom is 0.534 e. The first-order chi connectivity index (χ1) is 25.6. The van der Waals surface area contributed by atoms with E-state index in [0.717, 1.165) is 58.5 Å². The maximum atomic E-state index is 13.7. The minimum absolute atomic E-state index is 0.443. The second kappa shape index (κ2) is 12.8. The lowest BCUT2D eigenvalue weighted by molar-refractivity contribution is -0.0500. The molecule has 0 radical (unpaired) electrons. The molecule has 0 saturated heterocycles. The van der Waals surface area contributed by atoms with Gasteiger partial charge in [-0.25, -0.2) is 0 Å². The lowest BCUT2D eigenvalue weighted by atomic mass is 10.0. The van der Waals surface area contributed by atoms with Gasteiger partial charge in [-0.2, -0.15) is 21.6 Å². The molecule has 0 bridgehead atoms. The number of benzene rings is 7. The molecule has 9 aromatic rings. The summed E-state index contributed by atoms with van der Waals surface area (Å²) >= 11 is 3.19. The summed E-state index contributed by atoms with van der Waals surface area (Å²) in [6, 6.07) is 50.5. The van der Waals surface area contributed by atoms with Crippen LogP contribution in [0, 0.1) is 0 Å². The van der Waals surface area contributed by atoms with Gasteiger partial charge in [0.15, 0.2) is 0 Å². The molecule has 0 fully saturated rings. The molecule has 260 valence electrons. The second-order valence-electron chi connectivity index (χ2n) is 12.5. The van der Waals surface area contributed by atoms with Crippen molar-refractivity contribution < 1.29 is 25.8 Å². The van der Waals surface area contributed by atoms with Gasteiger partial charge in [0.05, 0.1) is 10.4 Å². The third-order valence-electron chi connectivity index (χ3n) is 9.20. The van der Waals surface area contributed by atoms with Crippen LogP contribution in [0.1, 0.15) is 0 Å². The SMILES string of the molecule is O=S(=O)(Oc1cc(N(c2ccccc2)c2cccc(-c3ccccc3)c2)c2sc3ccc(-c4cccc5c4sc4ccccc45)cc3c2c1)C(F)(F)F. The molecule has 2 heterocycles. The van der Waals surface area contributed by atoms with Crippen LogP contribution in [0.2, 0.25) is 0 Å². The zero-order valence-electron chi connectivity index (χ0n) is 27.5. The van der Waals surface area contributed by atoms with Crippen LogP contribution in [0.5, 0.6) is 5.75 Å². The van der Waals surface area contributed by atoms with E-state index < -0.39 is 21.4 Å². The fourth-order valence-electron chi connectivity index (χ4n) is 6.82. The Morgan fingerprint density at radius 1 is 0.509 bits per heavy atom. The quantitative estimate of drug-likeness (QED) is 0.120. The average Bonchev–Trinajstić information content (AvgIpc) is 3.74. The zero-order chi connectivity index (χ0) is 36.3. The van der Waals surface area contributed by atoms with Crippen molar-refractivity contribution >= 4 is 90.2 Å². The first kappa shape index (κ1) is 33.2. The first-order valence-corrected chi connectivity index (χ1v) is 19.6. The van der Waals surface area contributed by atoms with Crippen LogP contribution in [0.25, 0.3) is 62.6 Å². The van der Waals surface area contributed by atoms with Crippen molar-refractivity contribution in [2.24, 2.45) is 0 Å². The van der Waals surface area contributed by atoms with Crippen LogP contribution in [0.4, 0.5) is 30.2 Å². The van der Waals surface area contributed by atoms with Crippen molar-refractivity contribution in [2.45, 2.75) is 5.51 Å². The number of nitrogens with zero attached hydrogens (tertiary/aromatic N) is 1. The Morgan fingerprint density at radius 3 is 1.94 bits per heavy atom. The molecule has 10 heteroatoms. The molecule has 53 heavy (non-hydrogen) atoms. The Morgan fingerprint density at radius 2 is 1.15 bits per heavy atom. The Bertz CT molecular complexity index is 2940. The number of halogens is 3. The van der Waals surface area contributed by atoms with E-state index in [2.05, 4.69) is 30.3 Å². The van der Waals surface area contributed by atoms with Crippen LogP contribution in [-0.4, -0.2) is 13.9 Å². The monoisotopic (exact) mass is 757 g/mol. The molecule has 0 unspecified atom stereocenters. The van der Waals surface area contributed by atoms with E-state index in [1.54, 1.807) is 11.3 Å². The summed E-state index contributed by atoms with van der Waals surface area (Å²) < 4.78 is 75.0. The zero-order valence-corrected chi connectivity index (χ0v) is 30.0. The highest BCUT2D eigenvalue weighted by Gasteiger charge is 2.48. The summed E-state index contributed by atoms with van der Waals surface area (Å²) in [5, 5.41) is 3.65. The Balaban J connectivity index is 1.30. The topological polar surface area (TPSA) is 46.6 Å². The van der Waals surface area contributed by atoms with Gasteiger partial charge < -0.3 is 9.08 Å². The van der Waals surface area contributed by atoms with Gasteiger partial charge in [-0.1, -0.05) is 103 Å². The van der Waals surface area contributed by atoms with Gasteiger partial charge in [-0.15, -0.1) is 22.7 Å². The summed E-state index contributed by atoms with van der Waals surface area (Å²) in [5.41, 5.74) is 0.196. The number of hydrogen-bond acceptors (Lipinski definition) is 6. The molecule has 0 spiro atoms. The van der Waals surface area contributed by atoms with E-state index in [1.807, 2.05) is 120 Å². The maximum absolute atomic E-state index is 13.7. The summed E-state index contributed by atoms with van der Waals surface area (Å²) in [5.74, 6) is -0.443. The summed E-state index contributed by atoms with van der Waals surface area (Å²) in [6.07, 6.45) is 0. The molecular formula is C43H26F3NO3S3. The van der Waals surface area contributed by atoms with E-state index in [1.165, 1.54) is 33.6 Å². The number of thiophene rings is 2. The van der Waals surface area contributed by atoms with E-state index in [0.29, 0.717) is 11.1 Å². The highest BCUT2D eigenvalue weighted by Crippen LogP contribution is 2.49. The van der Waals surface area contributed by atoms with Gasteiger partial charge in [-0.3, -0.25) is 0 Å². The molecule has 0 aliphatic rings. The van der Waals surface area contributed by atoms with Gasteiger partial charge >= 0.3 is 15.6 Å². The molecular weight excluding hydrogens is 732 g/mol. The van der Waals surface area contributed by atoms with Gasteiger partial charge in [0, 0.05) is 53.1 Å². The van der Waals surface area contributed by atoms with Crippen molar-refractivity contribution in [2.75, 3.05) is 4.90 Å². The fourth-order valence-corrected chi connectivity index (χ4v) is 9.67. The van der Waals surface area contributed by atoms with Crippen LogP contribution in [0.3, 0.4) is 0 Å². The van der Waals surface area contributed by atoms with Crippen molar-refractivity contribution in [3.05, 3.63) is 158 Å². The van der Waals surface area contributed by atoms with Crippen LogP contribution in [0.15, 0.2) is 158 Å². The normalized spacial score (nSPS) is 12.2. The third-order valence-corrected chi connectivity index (χ3v) is 12.6. The Labute approximate surface area is 310 Å². The molecule has 2 aromatic heterocycles. The number of fused-ring (bicyclic) bond motifs is 6. The summed E-state index contributed by atoms with van der Waals surface area (Å²) in [6.45, 7) is 0. The molecule has 0 atom stereocenters. The number of hydrogen-bond donors (Lipinski definition) is 0. The van der Waals surface area contributed by atoms with E-state index in [4.69, 9.17) is 4.18 Å². The van der Waals surface area contributed by atoms with Crippen molar-refractivity contribution in [1.29, 1.82) is 0 Å². The van der Waals surface area contributed by atoms with Gasteiger partial charge in [0.1, 0.15) is 5.75 Å². The number of para-hydroxylation sites is 1. The van der Waals surface area contributed by atoms with Crippen LogP contribution in [-0.2, 0) is 10.1 Å². The van der Waals surface area contributed by atoms with Crippen molar-refractivity contribution in [3.63, 3.8) is 0 Å². The van der Waals surface area contributed by atoms with Crippen molar-refractivity contribution in [1.82, 2.24) is 0 Å². The number of rotatable bonds is 7. The molecule has 4 nitrogen and oxygen atoms in total. The predicted octanol–water partition coefficient (Wildman–Crippen LogP) is 13.5. The smallest absolute Gasteiger partial charge is 0.376 e. The molecule has 0 aliphatic heterocycles. The second-order valence-corrected chi connectivity index (χ2v) is 16.1. The molecule has 0 aliphatic carbocycles. The predicted molar refractivity (Wildman–Crippen MR) is 213 cm³/mol. The molecule has 7 aromatic carbocycles. The average molecular weight is 758 g/mol. The molecule has 9 rings (SSSR count). The minimum Gasteiger partial charge on any atom is -0.376 e. The van der Waals surface area contributed by atoms with Crippen LogP contribution >= 0.6 is 22.7 Å². The Hall–Kier alpha value is -5.68. The van der Waals surface area contributed by atoms with Crippen LogP contribution < -0.4 is 9.08 Å². The number of anilines is 3. The standard InChI is InChI=1S/C43H26F3NO3S3/c44-43(45,46)53(48,49)50-32-25-37-36-24-29(33-18-10-19-35-34-17-7-8-20-39(34)51-41(33)35)21-22-40(36)52-42(37)38(26-32)47(30-14-5-2-6-15-30)31-16-9-13-28(23-31)27-11-3-1-4-12-27/h1-26H. The largest absolute Gasteiger partial charge is 0.534 e. The summed E-state index contributed by atoms with van der Waals surface area (Å²) in [4.78, 5) is 1.93. The van der Waals surface area contributed by atoms with Crippen molar-refractivity contribution in [3.8, 4) is 28.0 Å². The van der Waals surface area contributed by atoms with E-state index in [9.17, 15) is 21.6 Å². The summed E-state index contributed by atoms with van der Waals surface area (Å²) in [7, 11) is -5.97. The van der Waals surface area contributed by atoms with Gasteiger partial charge in [0.25, 0.3) is 0 Å². The molecule has 0 saturated carbocycles. The first-order valence-electron chi connectivity index (χ1n) is 16.6. The number of alkyl halides is 3. The minimum atomic E-state index is -5.97. The van der Waals surface area contributed by atoms with E-state index >= 15 is 0 Å².